The van der Waals surface area contributed by atoms with Gasteiger partial charge in [-0.05, 0) is 163 Å². The van der Waals surface area contributed by atoms with E-state index in [-0.39, 0.29) is 0 Å². The summed E-state index contributed by atoms with van der Waals surface area (Å²) in [5, 5.41) is 0. The van der Waals surface area contributed by atoms with Crippen LogP contribution in [0, 0.1) is 53.3 Å². The van der Waals surface area contributed by atoms with Crippen LogP contribution in [0.15, 0.2) is 84.0 Å². The lowest BCUT2D eigenvalue weighted by atomic mass is 9.46. The van der Waals surface area contributed by atoms with E-state index in [0.717, 1.165) is 66.1 Å². The Balaban J connectivity index is 1.24. The minimum absolute atomic E-state index is 0.651. The van der Waals surface area contributed by atoms with E-state index in [1.54, 1.807) is 17.1 Å². The standard InChI is InChI=1S/C46H59/c1-4-7-14-30-21-26-41-42(29-30)46(38-20-12-11-19-37(38)31-15-9-8-10-16-31)36(6-3)35(5-2)45(41)40-28-25-34-23-22-32-17-13-18-33-24-27-39(40)44(34)43(32)33/h7-12,14-15,19-20,25,28,30,32-33,35-36,41-43,45-46H,4-6,13,16-18,21-24,26-27,29H2,1-3H3/b14-7-,37-31+/t30?,32?,33?,35?,36?,41?,42-,43?,45?,46?/m1/s1. The van der Waals surface area contributed by atoms with Crippen LogP contribution in [-0.2, 0) is 12.8 Å². The third-order valence-corrected chi connectivity index (χ3v) is 14.4. The summed E-state index contributed by atoms with van der Waals surface area (Å²) < 4.78 is 0. The Hall–Kier alpha value is -2.34. The van der Waals surface area contributed by atoms with Gasteiger partial charge in [0.15, 0.2) is 0 Å². The Morgan fingerprint density at radius 1 is 0.717 bits per heavy atom. The van der Waals surface area contributed by atoms with Crippen molar-refractivity contribution in [2.75, 3.05) is 0 Å². The molecule has 7 aliphatic rings. The summed E-state index contributed by atoms with van der Waals surface area (Å²) in [5.41, 5.74) is 10.4. The molecule has 0 bridgehead atoms. The van der Waals surface area contributed by atoms with Crippen LogP contribution >= 0.6 is 0 Å². The minimum Gasteiger partial charge on any atom is -0.0885 e. The average molecular weight is 612 g/mol. The monoisotopic (exact) mass is 611 g/mol. The first-order valence-electron chi connectivity index (χ1n) is 19.8. The lowest BCUT2D eigenvalue weighted by Gasteiger charge is -2.58. The third kappa shape index (κ3) is 5.24. The second-order valence-corrected chi connectivity index (χ2v) is 16.3. The van der Waals surface area contributed by atoms with Crippen molar-refractivity contribution in [3.63, 3.8) is 0 Å². The van der Waals surface area contributed by atoms with Gasteiger partial charge in [0.1, 0.15) is 0 Å². The predicted molar refractivity (Wildman–Crippen MR) is 196 cm³/mol. The van der Waals surface area contributed by atoms with Crippen LogP contribution in [-0.4, -0.2) is 0 Å². The summed E-state index contributed by atoms with van der Waals surface area (Å²) in [6, 6.07) is 5.39. The molecule has 8 rings (SSSR count). The van der Waals surface area contributed by atoms with Gasteiger partial charge < -0.3 is 0 Å². The van der Waals surface area contributed by atoms with E-state index in [9.17, 15) is 0 Å². The Morgan fingerprint density at radius 3 is 2.28 bits per heavy atom. The van der Waals surface area contributed by atoms with Crippen LogP contribution in [0.1, 0.15) is 132 Å². The summed E-state index contributed by atoms with van der Waals surface area (Å²) in [6.07, 6.45) is 43.1. The average Bonchev–Trinajstić information content (AvgIpc) is 3.12. The fourth-order valence-electron chi connectivity index (χ4n) is 12.8. The van der Waals surface area contributed by atoms with Gasteiger partial charge in [0.2, 0.25) is 0 Å². The predicted octanol–water partition coefficient (Wildman–Crippen LogP) is 12.4. The van der Waals surface area contributed by atoms with Crippen LogP contribution in [0.2, 0.25) is 0 Å². The molecule has 0 amide bonds. The molecule has 0 aromatic heterocycles. The number of aryl methyl sites for hydroxylation is 1. The van der Waals surface area contributed by atoms with Crippen LogP contribution < -0.4 is 0 Å². The molecule has 3 saturated carbocycles. The highest BCUT2D eigenvalue weighted by Gasteiger charge is 2.54. The SMILES string of the molecule is CC/C=C\C1CCC2C(c3ccc4c5c3CCC3CCCC(CC4)C53)C(CC)C(CC)C([C]3C=CC=C/C3=C3/C=CC=CC3)[C@@H]2C1. The van der Waals surface area contributed by atoms with Gasteiger partial charge in [0.25, 0.3) is 0 Å². The van der Waals surface area contributed by atoms with E-state index >= 15 is 0 Å². The van der Waals surface area contributed by atoms with Crippen molar-refractivity contribution in [3.8, 4) is 0 Å². The van der Waals surface area contributed by atoms with Gasteiger partial charge in [0.05, 0.1) is 0 Å². The lowest BCUT2D eigenvalue weighted by molar-refractivity contribution is -0.0131. The van der Waals surface area contributed by atoms with Gasteiger partial charge in [-0.25, -0.2) is 0 Å². The van der Waals surface area contributed by atoms with Gasteiger partial charge in [-0.3, -0.25) is 0 Å². The van der Waals surface area contributed by atoms with Crippen molar-refractivity contribution in [3.05, 3.63) is 112 Å². The zero-order chi connectivity index (χ0) is 31.2. The molecule has 0 saturated heterocycles. The van der Waals surface area contributed by atoms with Gasteiger partial charge in [0, 0.05) is 5.92 Å². The number of hydrogen-bond acceptors (Lipinski definition) is 0. The number of allylic oxidation sites excluding steroid dienone is 12. The van der Waals surface area contributed by atoms with Crippen molar-refractivity contribution >= 4 is 0 Å². The van der Waals surface area contributed by atoms with E-state index in [1.165, 1.54) is 82.6 Å². The Morgan fingerprint density at radius 2 is 1.50 bits per heavy atom. The molecule has 46 heavy (non-hydrogen) atoms. The zero-order valence-corrected chi connectivity index (χ0v) is 29.1. The van der Waals surface area contributed by atoms with E-state index in [1.807, 2.05) is 16.7 Å². The Bertz CT molecular complexity index is 1450. The van der Waals surface area contributed by atoms with Crippen molar-refractivity contribution < 1.29 is 0 Å². The highest BCUT2D eigenvalue weighted by atomic mass is 14.6. The van der Waals surface area contributed by atoms with E-state index in [0.29, 0.717) is 5.92 Å². The number of benzene rings is 1. The normalized spacial score (nSPS) is 39.9. The van der Waals surface area contributed by atoms with Crippen molar-refractivity contribution in [1.82, 2.24) is 0 Å². The molecule has 0 aliphatic heterocycles. The third-order valence-electron chi connectivity index (χ3n) is 14.4. The molecular formula is C46H59. The molecule has 1 radical (unpaired) electrons. The summed E-state index contributed by atoms with van der Waals surface area (Å²) in [6.45, 7) is 7.41. The fraction of sp³-hybridized carbons (Fsp3) is 0.587. The summed E-state index contributed by atoms with van der Waals surface area (Å²) in [7, 11) is 0. The van der Waals surface area contributed by atoms with Crippen LogP contribution in [0.3, 0.4) is 0 Å². The number of rotatable bonds is 6. The second kappa shape index (κ2) is 13.3. The first-order chi connectivity index (χ1) is 22.7. The molecule has 0 heterocycles. The van der Waals surface area contributed by atoms with Crippen molar-refractivity contribution in [2.45, 2.75) is 122 Å². The molecule has 0 nitrogen and oxygen atoms in total. The number of hydrogen-bond donors (Lipinski definition) is 0. The maximum absolute atomic E-state index is 2.72. The molecule has 3 fully saturated rings. The molecule has 0 N–H and O–H groups in total. The van der Waals surface area contributed by atoms with Gasteiger partial charge in [-0.15, -0.1) is 0 Å². The van der Waals surface area contributed by atoms with Gasteiger partial charge in [-0.2, -0.15) is 0 Å². The molecule has 9 unspecified atom stereocenters. The largest absolute Gasteiger partial charge is 0.0885 e. The highest BCUT2D eigenvalue weighted by molar-refractivity contribution is 5.55. The summed E-state index contributed by atoms with van der Waals surface area (Å²) in [4.78, 5) is 0. The molecule has 0 spiro atoms. The highest BCUT2D eigenvalue weighted by Crippen LogP contribution is 2.63. The van der Waals surface area contributed by atoms with Gasteiger partial charge in [-0.1, -0.05) is 113 Å². The van der Waals surface area contributed by atoms with Crippen LogP contribution in [0.25, 0.3) is 0 Å². The topological polar surface area (TPSA) is 0 Å². The lowest BCUT2D eigenvalue weighted by Crippen LogP contribution is -2.50. The first-order valence-corrected chi connectivity index (χ1v) is 19.8. The smallest absolute Gasteiger partial charge is 0.0306 e. The van der Waals surface area contributed by atoms with Crippen molar-refractivity contribution in [2.24, 2.45) is 47.3 Å². The molecule has 10 atom stereocenters. The van der Waals surface area contributed by atoms with Crippen LogP contribution in [0.5, 0.6) is 0 Å². The summed E-state index contributed by atoms with van der Waals surface area (Å²) >= 11 is 0. The molecule has 243 valence electrons. The fourth-order valence-corrected chi connectivity index (χ4v) is 12.8. The van der Waals surface area contributed by atoms with Crippen LogP contribution in [0.4, 0.5) is 0 Å². The molecular weight excluding hydrogens is 553 g/mol. The maximum atomic E-state index is 2.72. The minimum atomic E-state index is 0.651. The summed E-state index contributed by atoms with van der Waals surface area (Å²) in [5.74, 6) is 9.65. The quantitative estimate of drug-likeness (QED) is 0.281. The maximum Gasteiger partial charge on any atom is 0.0306 e. The van der Waals surface area contributed by atoms with Crippen molar-refractivity contribution in [1.29, 1.82) is 0 Å². The molecule has 0 heteroatoms. The van der Waals surface area contributed by atoms with Gasteiger partial charge >= 0.3 is 0 Å². The molecule has 1 aromatic carbocycles. The first kappa shape index (κ1) is 31.0. The Labute approximate surface area is 281 Å². The zero-order valence-electron chi connectivity index (χ0n) is 29.1. The number of fused-ring (bicyclic) bond motifs is 1. The van der Waals surface area contributed by atoms with E-state index < -0.39 is 0 Å². The van der Waals surface area contributed by atoms with E-state index in [4.69, 9.17) is 0 Å². The van der Waals surface area contributed by atoms with E-state index in [2.05, 4.69) is 93.7 Å². The second-order valence-electron chi connectivity index (χ2n) is 16.3. The molecule has 7 aliphatic carbocycles. The Kier molecular flexibility index (Phi) is 8.94. The molecule has 1 aromatic rings.